The van der Waals surface area contributed by atoms with Crippen molar-refractivity contribution in [1.82, 2.24) is 15.0 Å². The molecule has 1 radical (unpaired) electrons. The minimum atomic E-state index is -1.52. The summed E-state index contributed by atoms with van der Waals surface area (Å²) >= 11 is 0. The van der Waals surface area contributed by atoms with Crippen molar-refractivity contribution < 1.29 is 83.6 Å². The number of hydrogen-bond acceptors (Lipinski definition) is 11. The van der Waals surface area contributed by atoms with Gasteiger partial charge < -0.3 is 61.5 Å². The van der Waals surface area contributed by atoms with Crippen LogP contribution in [0.4, 0.5) is 0 Å². The number of nitrogens with one attached hydrogen (secondary N) is 1. The molecule has 0 unspecified atom stereocenters. The van der Waals surface area contributed by atoms with Crippen LogP contribution in [0.25, 0.3) is 11.1 Å². The molecule has 0 aliphatic heterocycles. The fourth-order valence-electron chi connectivity index (χ4n) is 2.45. The molecular weight excluding hydrogens is 592 g/mol. The summed E-state index contributed by atoms with van der Waals surface area (Å²) in [5, 5.41) is 40.8. The first-order chi connectivity index (χ1) is 17.2. The van der Waals surface area contributed by atoms with Gasteiger partial charge in [-0.3, -0.25) is 4.98 Å². The van der Waals surface area contributed by atoms with Crippen LogP contribution in [0.2, 0.25) is 0 Å². The molecule has 9 N–H and O–H groups in total. The van der Waals surface area contributed by atoms with Gasteiger partial charge in [0.25, 0.3) is 0 Å². The van der Waals surface area contributed by atoms with E-state index in [1.54, 1.807) is 12.4 Å². The molecule has 0 bridgehead atoms. The maximum atomic E-state index is 10.2. The third-order valence-electron chi connectivity index (χ3n) is 4.07. The van der Waals surface area contributed by atoms with Crippen LogP contribution in [-0.2, 0) is 17.1 Å². The summed E-state index contributed by atoms with van der Waals surface area (Å²) in [6.07, 6.45) is 7.42. The molecule has 16 nitrogen and oxygen atoms in total. The Morgan fingerprint density at radius 1 is 0.512 bits per heavy atom. The molecule has 0 saturated carbocycles. The van der Waals surface area contributed by atoms with Crippen molar-refractivity contribution in [2.75, 3.05) is 0 Å². The van der Waals surface area contributed by atoms with Gasteiger partial charge in [-0.1, -0.05) is 12.1 Å². The van der Waals surface area contributed by atoms with Crippen molar-refractivity contribution in [2.45, 2.75) is 0 Å². The average molecular weight is 615 g/mol. The molecule has 0 spiro atoms. The van der Waals surface area contributed by atoms with E-state index in [1.165, 1.54) is 23.3 Å². The minimum Gasteiger partial charge on any atom is -0.543 e. The van der Waals surface area contributed by atoms with Gasteiger partial charge in [-0.25, -0.2) is 15.0 Å². The summed E-state index contributed by atoms with van der Waals surface area (Å²) in [6, 6.07) is 15.1. The number of aromatic amines is 1. The summed E-state index contributed by atoms with van der Waals surface area (Å²) in [5.41, 5.74) is 0.719. The normalized spacial score (nSPS) is 8.29. The average Bonchev–Trinajstić information content (AvgIpc) is 2.90. The van der Waals surface area contributed by atoms with E-state index in [2.05, 4.69) is 19.9 Å². The molecule has 0 aromatic carbocycles. The van der Waals surface area contributed by atoms with Crippen LogP contribution in [0.5, 0.6) is 0 Å². The number of hydrogen-bond donors (Lipinski definition) is 0. The Hall–Kier alpha value is -5.16. The first-order valence-corrected chi connectivity index (χ1v) is 9.85. The van der Waals surface area contributed by atoms with Gasteiger partial charge in [0.15, 0.2) is 12.4 Å². The van der Waals surface area contributed by atoms with E-state index in [0.717, 1.165) is 24.3 Å². The van der Waals surface area contributed by atoms with Crippen molar-refractivity contribution in [3.63, 3.8) is 0 Å². The molecule has 0 aliphatic rings. The van der Waals surface area contributed by atoms with Gasteiger partial charge in [0.2, 0.25) is 0 Å². The number of aromatic carboxylic acids is 4. The van der Waals surface area contributed by atoms with E-state index in [0.29, 0.717) is 0 Å². The maximum Gasteiger partial charge on any atom is 3.00 e. The summed E-state index contributed by atoms with van der Waals surface area (Å²) < 4.78 is 0. The Morgan fingerprint density at radius 3 is 1.10 bits per heavy atom. The largest absolute Gasteiger partial charge is 3.00 e. The second-order valence-corrected chi connectivity index (χ2v) is 6.49. The Labute approximate surface area is 241 Å². The number of carbonyl (C=O) groups excluding carboxylic acids is 4. The van der Waals surface area contributed by atoms with Gasteiger partial charge in [0.1, 0.15) is 0 Å². The molecule has 0 saturated heterocycles. The molecule has 219 valence electrons. The Bertz CT molecular complexity index is 1200. The Morgan fingerprint density at radius 2 is 0.805 bits per heavy atom. The summed E-state index contributed by atoms with van der Waals surface area (Å²) in [6.45, 7) is 0. The molecule has 0 atom stereocenters. The fraction of sp³-hybridized carbons (Fsp3) is 0. The number of carboxylic acid groups (broad SMARTS) is 4. The third kappa shape index (κ3) is 14.5. The Kier molecular flexibility index (Phi) is 22.8. The molecular formula is C24H23FeN4O12. The van der Waals surface area contributed by atoms with Crippen LogP contribution in [0, 0.1) is 0 Å². The molecule has 4 heterocycles. The predicted octanol–water partition coefficient (Wildman–Crippen LogP) is -6.12. The fourth-order valence-corrected chi connectivity index (χ4v) is 2.45. The number of rotatable bonds is 5. The number of aromatic nitrogens is 4. The van der Waals surface area contributed by atoms with Gasteiger partial charge in [0.05, 0.1) is 46.7 Å². The van der Waals surface area contributed by atoms with E-state index in [4.69, 9.17) is 0 Å². The zero-order valence-electron chi connectivity index (χ0n) is 20.5. The zero-order valence-corrected chi connectivity index (χ0v) is 21.6. The van der Waals surface area contributed by atoms with Crippen LogP contribution in [0.1, 0.15) is 42.0 Å². The van der Waals surface area contributed by atoms with Crippen molar-refractivity contribution in [3.05, 3.63) is 108 Å². The van der Waals surface area contributed by atoms with Gasteiger partial charge >= 0.3 is 17.1 Å². The predicted molar refractivity (Wildman–Crippen MR) is 126 cm³/mol. The summed E-state index contributed by atoms with van der Waals surface area (Å²) in [4.78, 5) is 54.2. The molecule has 4 rings (SSSR count). The quantitative estimate of drug-likeness (QED) is 0.190. The first kappa shape index (κ1) is 42.9. The maximum absolute atomic E-state index is 10.2. The zero-order chi connectivity index (χ0) is 26.5. The number of carbonyl (C=O) groups is 4. The smallest absolute Gasteiger partial charge is 0.543 e. The van der Waals surface area contributed by atoms with Crippen LogP contribution in [0.15, 0.2) is 85.5 Å². The van der Waals surface area contributed by atoms with E-state index in [1.807, 2.05) is 36.7 Å². The SMILES string of the molecule is O.O.O.O.O=C([O-])c1cccc(C(=O)[O-])n1.O=C([O-])c1cccc(C(=O)[O-])n1.[Fe+3].c1cc(-c2cc[nH+]cc2)ccn1. The van der Waals surface area contributed by atoms with E-state index in [-0.39, 0.29) is 39.0 Å². The van der Waals surface area contributed by atoms with Crippen molar-refractivity contribution in [1.29, 1.82) is 0 Å². The topological polar surface area (TPSA) is 339 Å². The summed E-state index contributed by atoms with van der Waals surface area (Å²) in [7, 11) is 0. The van der Waals surface area contributed by atoms with E-state index in [9.17, 15) is 39.6 Å². The Balaban J connectivity index is -0.000000236. The van der Waals surface area contributed by atoms with Crippen molar-refractivity contribution in [3.8, 4) is 11.1 Å². The number of nitrogens with zero attached hydrogens (tertiary/aromatic N) is 3. The van der Waals surface area contributed by atoms with Gasteiger partial charge in [-0.2, -0.15) is 0 Å². The number of H-pyrrole nitrogens is 1. The van der Waals surface area contributed by atoms with E-state index < -0.39 is 46.7 Å². The molecule has 0 fully saturated rings. The molecule has 4 aromatic rings. The second kappa shape index (κ2) is 21.7. The molecule has 17 heteroatoms. The summed E-state index contributed by atoms with van der Waals surface area (Å²) in [5.74, 6) is -6.06. The van der Waals surface area contributed by atoms with Crippen LogP contribution >= 0.6 is 0 Å². The minimum absolute atomic E-state index is 0. The van der Waals surface area contributed by atoms with Crippen molar-refractivity contribution >= 4 is 23.9 Å². The van der Waals surface area contributed by atoms with Crippen LogP contribution in [-0.4, -0.2) is 60.7 Å². The van der Waals surface area contributed by atoms with Crippen LogP contribution in [0.3, 0.4) is 0 Å². The second-order valence-electron chi connectivity index (χ2n) is 6.49. The molecule has 4 aromatic heterocycles. The number of carboxylic acids is 4. The first-order valence-electron chi connectivity index (χ1n) is 9.85. The van der Waals surface area contributed by atoms with Crippen molar-refractivity contribution in [2.24, 2.45) is 0 Å². The third-order valence-corrected chi connectivity index (χ3v) is 4.07. The number of pyridine rings is 4. The van der Waals surface area contributed by atoms with Gasteiger partial charge in [0, 0.05) is 24.5 Å². The standard InChI is InChI=1S/C10H8N2.2C7H5NO4.Fe.4H2O/c1-5-11-6-2-9(1)10-3-7-12-8-4-10;2*9-6(10)4-2-1-3-5(8-4)7(11)12;;;;;/h1-8H;2*1-3H,(H,9,10)(H,11,12);;4*1H2/q;;;+3;;;;/p-3. The van der Waals surface area contributed by atoms with E-state index >= 15 is 0 Å². The van der Waals surface area contributed by atoms with Gasteiger partial charge in [-0.05, 0) is 47.5 Å². The van der Waals surface area contributed by atoms with Gasteiger partial charge in [-0.15, -0.1) is 0 Å². The van der Waals surface area contributed by atoms with Crippen LogP contribution < -0.4 is 25.4 Å². The monoisotopic (exact) mass is 615 g/mol. The molecule has 0 aliphatic carbocycles. The molecule has 0 amide bonds. The molecule has 41 heavy (non-hydrogen) atoms.